The lowest BCUT2D eigenvalue weighted by Gasteiger charge is -2.07. The SMILES string of the molecule is CCCOc1cccc(/C=C2/SC(=Nc3cccc(C(=O)O)c3)N(C)C2=O)c1. The van der Waals surface area contributed by atoms with E-state index in [1.165, 1.54) is 28.8 Å². The monoisotopic (exact) mass is 396 g/mol. The van der Waals surface area contributed by atoms with Crippen LogP contribution in [0.5, 0.6) is 5.75 Å². The van der Waals surface area contributed by atoms with Crippen LogP contribution in [0.4, 0.5) is 5.69 Å². The Hall–Kier alpha value is -3.06. The van der Waals surface area contributed by atoms with Crippen LogP contribution < -0.4 is 4.74 Å². The zero-order chi connectivity index (χ0) is 20.1. The maximum Gasteiger partial charge on any atom is 0.335 e. The summed E-state index contributed by atoms with van der Waals surface area (Å²) < 4.78 is 5.64. The third-order valence-electron chi connectivity index (χ3n) is 3.95. The zero-order valence-corrected chi connectivity index (χ0v) is 16.4. The Morgan fingerprint density at radius 1 is 1.25 bits per heavy atom. The molecule has 1 amide bonds. The number of rotatable bonds is 6. The number of amidine groups is 1. The fourth-order valence-electron chi connectivity index (χ4n) is 2.54. The molecule has 0 aromatic heterocycles. The summed E-state index contributed by atoms with van der Waals surface area (Å²) in [6.45, 7) is 2.69. The lowest BCUT2D eigenvalue weighted by molar-refractivity contribution is -0.121. The van der Waals surface area contributed by atoms with Crippen LogP contribution >= 0.6 is 11.8 Å². The van der Waals surface area contributed by atoms with E-state index in [0.29, 0.717) is 22.4 Å². The number of carbonyl (C=O) groups excluding carboxylic acids is 1. The van der Waals surface area contributed by atoms with Gasteiger partial charge in [-0.2, -0.15) is 0 Å². The molecular formula is C21H20N2O4S. The van der Waals surface area contributed by atoms with E-state index in [4.69, 9.17) is 9.84 Å². The lowest BCUT2D eigenvalue weighted by Crippen LogP contribution is -2.23. The number of carboxylic acids is 1. The van der Waals surface area contributed by atoms with E-state index in [1.54, 1.807) is 25.3 Å². The van der Waals surface area contributed by atoms with Gasteiger partial charge in [0.15, 0.2) is 5.17 Å². The van der Waals surface area contributed by atoms with Gasteiger partial charge in [0.1, 0.15) is 5.75 Å². The van der Waals surface area contributed by atoms with Crippen LogP contribution in [0, 0.1) is 0 Å². The summed E-state index contributed by atoms with van der Waals surface area (Å²) in [5.74, 6) is -0.409. The van der Waals surface area contributed by atoms with Gasteiger partial charge < -0.3 is 9.84 Å². The molecule has 0 unspecified atom stereocenters. The van der Waals surface area contributed by atoms with Crippen LogP contribution in [0.25, 0.3) is 6.08 Å². The van der Waals surface area contributed by atoms with Crippen LogP contribution in [0.1, 0.15) is 29.3 Å². The number of aliphatic imine (C=N–C) groups is 1. The van der Waals surface area contributed by atoms with Gasteiger partial charge in [0.05, 0.1) is 22.8 Å². The quantitative estimate of drug-likeness (QED) is 0.732. The summed E-state index contributed by atoms with van der Waals surface area (Å²) in [5.41, 5.74) is 1.50. The second-order valence-corrected chi connectivity index (χ2v) is 7.15. The van der Waals surface area contributed by atoms with E-state index in [-0.39, 0.29) is 11.5 Å². The first-order chi connectivity index (χ1) is 13.5. The minimum Gasteiger partial charge on any atom is -0.494 e. The van der Waals surface area contributed by atoms with Crippen molar-refractivity contribution < 1.29 is 19.4 Å². The van der Waals surface area contributed by atoms with Crippen LogP contribution in [0.15, 0.2) is 58.4 Å². The first-order valence-corrected chi connectivity index (χ1v) is 9.62. The van der Waals surface area contributed by atoms with Gasteiger partial charge in [-0.15, -0.1) is 0 Å². The summed E-state index contributed by atoms with van der Waals surface area (Å²) in [7, 11) is 1.65. The van der Waals surface area contributed by atoms with Crippen molar-refractivity contribution >= 4 is 40.6 Å². The third-order valence-corrected chi connectivity index (χ3v) is 5.01. The standard InChI is InChI=1S/C21H20N2O4S/c1-3-10-27-17-9-4-6-14(11-17)12-18-19(24)23(2)21(28-18)22-16-8-5-7-15(13-16)20(25)26/h4-9,11-13H,3,10H2,1-2H3,(H,25,26)/b18-12+,22-21?. The molecule has 1 fully saturated rings. The number of likely N-dealkylation sites (N-methyl/N-ethyl adjacent to an activating group) is 1. The molecule has 0 aliphatic carbocycles. The minimum absolute atomic E-state index is 0.151. The van der Waals surface area contributed by atoms with Gasteiger partial charge in [-0.05, 0) is 60.2 Å². The van der Waals surface area contributed by atoms with Crippen LogP contribution in [0.2, 0.25) is 0 Å². The van der Waals surface area contributed by atoms with Crippen LogP contribution in [-0.4, -0.2) is 40.7 Å². The molecule has 1 aliphatic heterocycles. The average molecular weight is 396 g/mol. The highest BCUT2D eigenvalue weighted by atomic mass is 32.2. The van der Waals surface area contributed by atoms with Crippen molar-refractivity contribution in [3.8, 4) is 5.75 Å². The summed E-state index contributed by atoms with van der Waals surface area (Å²) in [6.07, 6.45) is 2.73. The molecular weight excluding hydrogens is 376 g/mol. The molecule has 0 radical (unpaired) electrons. The van der Waals surface area contributed by atoms with E-state index < -0.39 is 5.97 Å². The molecule has 28 heavy (non-hydrogen) atoms. The van der Waals surface area contributed by atoms with Gasteiger partial charge in [-0.3, -0.25) is 9.69 Å². The molecule has 1 aliphatic rings. The van der Waals surface area contributed by atoms with E-state index in [1.807, 2.05) is 31.2 Å². The van der Waals surface area contributed by atoms with Crippen molar-refractivity contribution in [2.45, 2.75) is 13.3 Å². The first kappa shape index (κ1) is 19.7. The fraction of sp³-hybridized carbons (Fsp3) is 0.190. The van der Waals surface area contributed by atoms with Gasteiger partial charge in [-0.25, -0.2) is 9.79 Å². The molecule has 0 atom stereocenters. The summed E-state index contributed by atoms with van der Waals surface area (Å²) in [4.78, 5) is 30.1. The van der Waals surface area contributed by atoms with Crippen LogP contribution in [0.3, 0.4) is 0 Å². The highest BCUT2D eigenvalue weighted by molar-refractivity contribution is 8.18. The predicted octanol–water partition coefficient (Wildman–Crippen LogP) is 4.41. The molecule has 144 valence electrons. The highest BCUT2D eigenvalue weighted by Gasteiger charge is 2.30. The number of hydrogen-bond donors (Lipinski definition) is 1. The van der Waals surface area contributed by atoms with Gasteiger partial charge in [0, 0.05) is 7.05 Å². The molecule has 6 nitrogen and oxygen atoms in total. The Morgan fingerprint density at radius 3 is 2.79 bits per heavy atom. The van der Waals surface area contributed by atoms with Gasteiger partial charge >= 0.3 is 5.97 Å². The van der Waals surface area contributed by atoms with Crippen molar-refractivity contribution in [1.29, 1.82) is 0 Å². The Balaban J connectivity index is 1.84. The Labute approximate surface area is 167 Å². The number of hydrogen-bond acceptors (Lipinski definition) is 5. The van der Waals surface area contributed by atoms with Crippen molar-refractivity contribution in [1.82, 2.24) is 4.90 Å². The summed E-state index contributed by atoms with van der Waals surface area (Å²) in [6, 6.07) is 13.9. The first-order valence-electron chi connectivity index (χ1n) is 8.80. The average Bonchev–Trinajstić information content (AvgIpc) is 2.94. The largest absolute Gasteiger partial charge is 0.494 e. The second kappa shape index (κ2) is 8.75. The Kier molecular flexibility index (Phi) is 6.16. The molecule has 0 spiro atoms. The number of ether oxygens (including phenoxy) is 1. The molecule has 2 aromatic carbocycles. The topological polar surface area (TPSA) is 79.2 Å². The van der Waals surface area contributed by atoms with Gasteiger partial charge in [0.2, 0.25) is 0 Å². The second-order valence-electron chi connectivity index (χ2n) is 6.15. The number of thioether (sulfide) groups is 1. The van der Waals surface area contributed by atoms with Crippen molar-refractivity contribution in [3.63, 3.8) is 0 Å². The van der Waals surface area contributed by atoms with Gasteiger partial charge in [0.25, 0.3) is 5.91 Å². The van der Waals surface area contributed by atoms with E-state index in [9.17, 15) is 9.59 Å². The number of nitrogens with zero attached hydrogens (tertiary/aromatic N) is 2. The number of benzene rings is 2. The molecule has 1 saturated heterocycles. The van der Waals surface area contributed by atoms with E-state index in [0.717, 1.165) is 17.7 Å². The maximum absolute atomic E-state index is 12.6. The predicted molar refractivity (Wildman–Crippen MR) is 111 cm³/mol. The van der Waals surface area contributed by atoms with Crippen molar-refractivity contribution in [2.24, 2.45) is 4.99 Å². The van der Waals surface area contributed by atoms with E-state index in [2.05, 4.69) is 4.99 Å². The van der Waals surface area contributed by atoms with E-state index >= 15 is 0 Å². The fourth-order valence-corrected chi connectivity index (χ4v) is 3.52. The normalized spacial score (nSPS) is 16.8. The minimum atomic E-state index is -1.02. The highest BCUT2D eigenvalue weighted by Crippen LogP contribution is 2.33. The number of carboxylic acid groups (broad SMARTS) is 1. The molecule has 1 heterocycles. The molecule has 1 N–H and O–H groups in total. The zero-order valence-electron chi connectivity index (χ0n) is 15.6. The Morgan fingerprint density at radius 2 is 2.04 bits per heavy atom. The number of aromatic carboxylic acids is 1. The smallest absolute Gasteiger partial charge is 0.335 e. The summed E-state index contributed by atoms with van der Waals surface area (Å²) >= 11 is 1.25. The Bertz CT molecular complexity index is 968. The van der Waals surface area contributed by atoms with Crippen LogP contribution in [-0.2, 0) is 4.79 Å². The molecule has 2 aromatic rings. The third kappa shape index (κ3) is 4.61. The van der Waals surface area contributed by atoms with Crippen molar-refractivity contribution in [3.05, 3.63) is 64.6 Å². The molecule has 7 heteroatoms. The number of amides is 1. The van der Waals surface area contributed by atoms with Gasteiger partial charge in [-0.1, -0.05) is 25.1 Å². The number of carbonyl (C=O) groups is 2. The summed E-state index contributed by atoms with van der Waals surface area (Å²) in [5, 5.41) is 9.61. The molecule has 3 rings (SSSR count). The molecule has 0 bridgehead atoms. The van der Waals surface area contributed by atoms with Crippen molar-refractivity contribution in [2.75, 3.05) is 13.7 Å². The lowest BCUT2D eigenvalue weighted by atomic mass is 10.2. The molecule has 0 saturated carbocycles. The maximum atomic E-state index is 12.6.